The molecule has 2 atom stereocenters. The zero-order chi connectivity index (χ0) is 15.6. The molecular formula is C16H26N2O2S. The van der Waals surface area contributed by atoms with Gasteiger partial charge in [0.1, 0.15) is 0 Å². The quantitative estimate of drug-likeness (QED) is 0.896. The Morgan fingerprint density at radius 2 is 1.71 bits per heavy atom. The van der Waals surface area contributed by atoms with Crippen LogP contribution in [0.25, 0.3) is 0 Å². The van der Waals surface area contributed by atoms with E-state index >= 15 is 0 Å². The van der Waals surface area contributed by atoms with Crippen LogP contribution in [-0.4, -0.2) is 20.5 Å². The Hall–Kier alpha value is -0.910. The maximum absolute atomic E-state index is 12.4. The van der Waals surface area contributed by atoms with Gasteiger partial charge >= 0.3 is 0 Å². The van der Waals surface area contributed by atoms with Crippen LogP contribution in [0, 0.1) is 20.8 Å². The molecule has 1 aromatic rings. The Kier molecular flexibility index (Phi) is 5.07. The Labute approximate surface area is 128 Å². The van der Waals surface area contributed by atoms with Crippen LogP contribution in [0.1, 0.15) is 47.9 Å². The van der Waals surface area contributed by atoms with E-state index < -0.39 is 10.0 Å². The van der Waals surface area contributed by atoms with Crippen LogP contribution in [0.3, 0.4) is 0 Å². The van der Waals surface area contributed by atoms with E-state index in [1.54, 1.807) is 0 Å². The summed E-state index contributed by atoms with van der Waals surface area (Å²) in [7, 11) is -3.36. The molecule has 1 aliphatic carbocycles. The number of hydrogen-bond acceptors (Lipinski definition) is 3. The lowest BCUT2D eigenvalue weighted by Crippen LogP contribution is -2.49. The second-order valence-corrected chi connectivity index (χ2v) is 8.06. The molecule has 0 aromatic heterocycles. The zero-order valence-corrected chi connectivity index (χ0v) is 14.0. The minimum Gasteiger partial charge on any atom is -0.326 e. The molecule has 0 radical (unpaired) electrons. The van der Waals surface area contributed by atoms with Crippen molar-refractivity contribution in [3.8, 4) is 0 Å². The molecule has 2 rings (SSSR count). The Morgan fingerprint density at radius 1 is 1.14 bits per heavy atom. The fourth-order valence-electron chi connectivity index (χ4n) is 3.21. The molecule has 0 bridgehead atoms. The van der Waals surface area contributed by atoms with Crippen LogP contribution < -0.4 is 10.5 Å². The molecule has 1 aromatic carbocycles. The van der Waals surface area contributed by atoms with Gasteiger partial charge in [0.05, 0.1) is 5.75 Å². The van der Waals surface area contributed by atoms with Crippen LogP contribution in [0.2, 0.25) is 0 Å². The second kappa shape index (κ2) is 6.46. The molecule has 21 heavy (non-hydrogen) atoms. The summed E-state index contributed by atoms with van der Waals surface area (Å²) in [6.07, 6.45) is 3.88. The van der Waals surface area contributed by atoms with Crippen LogP contribution in [0.5, 0.6) is 0 Å². The monoisotopic (exact) mass is 310 g/mol. The lowest BCUT2D eigenvalue weighted by atomic mass is 9.92. The van der Waals surface area contributed by atoms with Gasteiger partial charge in [-0.1, -0.05) is 30.5 Å². The van der Waals surface area contributed by atoms with Crippen molar-refractivity contribution < 1.29 is 8.42 Å². The highest BCUT2D eigenvalue weighted by molar-refractivity contribution is 7.88. The smallest absolute Gasteiger partial charge is 0.216 e. The van der Waals surface area contributed by atoms with E-state index in [0.29, 0.717) is 0 Å². The maximum Gasteiger partial charge on any atom is 0.216 e. The number of sulfonamides is 1. The highest BCUT2D eigenvalue weighted by Gasteiger charge is 2.26. The molecule has 1 aliphatic rings. The van der Waals surface area contributed by atoms with Crippen molar-refractivity contribution in [3.05, 3.63) is 34.4 Å². The minimum absolute atomic E-state index is 0.0359. The summed E-state index contributed by atoms with van der Waals surface area (Å²) in [6.45, 7) is 5.96. The fourth-order valence-corrected chi connectivity index (χ4v) is 4.88. The molecule has 0 saturated heterocycles. The van der Waals surface area contributed by atoms with E-state index in [2.05, 4.69) is 4.72 Å². The average molecular weight is 310 g/mol. The van der Waals surface area contributed by atoms with Gasteiger partial charge in [0.2, 0.25) is 10.0 Å². The van der Waals surface area contributed by atoms with E-state index in [9.17, 15) is 8.42 Å². The first-order valence-corrected chi connectivity index (χ1v) is 9.26. The van der Waals surface area contributed by atoms with E-state index in [1.807, 2.05) is 32.9 Å². The summed E-state index contributed by atoms with van der Waals surface area (Å²) in [6, 6.07) is 3.89. The van der Waals surface area contributed by atoms with Gasteiger partial charge in [-0.05, 0) is 50.3 Å². The zero-order valence-electron chi connectivity index (χ0n) is 13.1. The largest absolute Gasteiger partial charge is 0.326 e. The van der Waals surface area contributed by atoms with Crippen molar-refractivity contribution in [1.29, 1.82) is 0 Å². The first-order chi connectivity index (χ1) is 9.78. The number of rotatable bonds is 4. The van der Waals surface area contributed by atoms with E-state index in [4.69, 9.17) is 5.73 Å². The van der Waals surface area contributed by atoms with Crippen molar-refractivity contribution in [3.63, 3.8) is 0 Å². The highest BCUT2D eigenvalue weighted by Crippen LogP contribution is 2.21. The summed E-state index contributed by atoms with van der Waals surface area (Å²) in [5, 5.41) is 0. The molecule has 118 valence electrons. The molecule has 0 spiro atoms. The lowest BCUT2D eigenvalue weighted by molar-refractivity contribution is 0.361. The van der Waals surface area contributed by atoms with Gasteiger partial charge in [-0.2, -0.15) is 0 Å². The van der Waals surface area contributed by atoms with Gasteiger partial charge in [-0.15, -0.1) is 0 Å². The normalized spacial score (nSPS) is 23.2. The predicted octanol–water partition coefficient (Wildman–Crippen LogP) is 2.30. The van der Waals surface area contributed by atoms with Crippen molar-refractivity contribution in [2.75, 3.05) is 0 Å². The minimum atomic E-state index is -3.36. The number of nitrogens with two attached hydrogens (primary N) is 1. The van der Waals surface area contributed by atoms with E-state index in [0.717, 1.165) is 47.9 Å². The Bertz CT molecular complexity index is 588. The molecule has 0 heterocycles. The molecule has 3 N–H and O–H groups in total. The Balaban J connectivity index is 2.14. The van der Waals surface area contributed by atoms with Crippen LogP contribution in [-0.2, 0) is 15.8 Å². The molecule has 0 aliphatic heterocycles. The van der Waals surface area contributed by atoms with Crippen LogP contribution >= 0.6 is 0 Å². The van der Waals surface area contributed by atoms with Crippen LogP contribution in [0.15, 0.2) is 12.1 Å². The topological polar surface area (TPSA) is 72.2 Å². The van der Waals surface area contributed by atoms with Crippen LogP contribution in [0.4, 0.5) is 0 Å². The molecule has 1 fully saturated rings. The number of aryl methyl sites for hydroxylation is 3. The van der Waals surface area contributed by atoms with Gasteiger partial charge in [-0.25, -0.2) is 13.1 Å². The first-order valence-electron chi connectivity index (χ1n) is 7.61. The number of benzene rings is 1. The summed E-state index contributed by atoms with van der Waals surface area (Å²) >= 11 is 0. The SMILES string of the molecule is Cc1cc(C)c(CS(=O)(=O)NC2CCCCC2N)c(C)c1. The van der Waals surface area contributed by atoms with Crippen molar-refractivity contribution >= 4 is 10.0 Å². The summed E-state index contributed by atoms with van der Waals surface area (Å²) < 4.78 is 27.7. The van der Waals surface area contributed by atoms with Gasteiger partial charge in [0, 0.05) is 12.1 Å². The molecule has 0 amide bonds. The van der Waals surface area contributed by atoms with Crippen molar-refractivity contribution in [2.45, 2.75) is 64.3 Å². The molecule has 2 unspecified atom stereocenters. The predicted molar refractivity (Wildman–Crippen MR) is 86.6 cm³/mol. The molecular weight excluding hydrogens is 284 g/mol. The third-order valence-electron chi connectivity index (χ3n) is 4.33. The fraction of sp³-hybridized carbons (Fsp3) is 0.625. The van der Waals surface area contributed by atoms with Crippen molar-refractivity contribution in [1.82, 2.24) is 4.72 Å². The summed E-state index contributed by atoms with van der Waals surface area (Å²) in [5.41, 5.74) is 10.2. The number of nitrogens with one attached hydrogen (secondary N) is 1. The molecule has 5 heteroatoms. The number of hydrogen-bond donors (Lipinski definition) is 2. The van der Waals surface area contributed by atoms with Gasteiger partial charge < -0.3 is 5.73 Å². The van der Waals surface area contributed by atoms with Crippen molar-refractivity contribution in [2.24, 2.45) is 5.73 Å². The van der Waals surface area contributed by atoms with Gasteiger partial charge in [0.15, 0.2) is 0 Å². The molecule has 4 nitrogen and oxygen atoms in total. The molecule has 1 saturated carbocycles. The third kappa shape index (κ3) is 4.28. The van der Waals surface area contributed by atoms with Gasteiger partial charge in [0.25, 0.3) is 0 Å². The third-order valence-corrected chi connectivity index (χ3v) is 5.66. The van der Waals surface area contributed by atoms with E-state index in [1.165, 1.54) is 0 Å². The summed E-state index contributed by atoms with van der Waals surface area (Å²) in [4.78, 5) is 0. The van der Waals surface area contributed by atoms with E-state index in [-0.39, 0.29) is 17.8 Å². The summed E-state index contributed by atoms with van der Waals surface area (Å²) in [5.74, 6) is 0.0359. The van der Waals surface area contributed by atoms with Gasteiger partial charge in [-0.3, -0.25) is 0 Å². The highest BCUT2D eigenvalue weighted by atomic mass is 32.2. The maximum atomic E-state index is 12.4. The lowest BCUT2D eigenvalue weighted by Gasteiger charge is -2.29. The Morgan fingerprint density at radius 3 is 2.29 bits per heavy atom. The average Bonchev–Trinajstić information content (AvgIpc) is 2.36. The second-order valence-electron chi connectivity index (χ2n) is 6.31. The first kappa shape index (κ1) is 16.5. The standard InChI is InChI=1S/C16H26N2O2S/c1-11-8-12(2)14(13(3)9-11)10-21(19,20)18-16-7-5-4-6-15(16)17/h8-9,15-16,18H,4-7,10,17H2,1-3H3.